The lowest BCUT2D eigenvalue weighted by molar-refractivity contribution is -0.120. The molecule has 1 aliphatic rings. The molecule has 0 aliphatic heterocycles. The smallest absolute Gasteiger partial charge is 0.221 e. The van der Waals surface area contributed by atoms with Crippen molar-refractivity contribution < 1.29 is 4.79 Å². The van der Waals surface area contributed by atoms with Crippen molar-refractivity contribution in [2.24, 2.45) is 0 Å². The SMILES string of the molecule is Nc1cccc(SCCC(=O)NC2CC2)c1. The van der Waals surface area contributed by atoms with Gasteiger partial charge in [0.15, 0.2) is 0 Å². The number of nitrogens with two attached hydrogens (primary N) is 1. The highest BCUT2D eigenvalue weighted by Gasteiger charge is 2.22. The molecule has 0 heterocycles. The highest BCUT2D eigenvalue weighted by Crippen LogP contribution is 2.22. The fourth-order valence-electron chi connectivity index (χ4n) is 1.39. The van der Waals surface area contributed by atoms with Crippen molar-refractivity contribution in [3.63, 3.8) is 0 Å². The minimum Gasteiger partial charge on any atom is -0.399 e. The fourth-order valence-corrected chi connectivity index (χ4v) is 2.31. The van der Waals surface area contributed by atoms with Gasteiger partial charge in [0, 0.05) is 28.8 Å². The van der Waals surface area contributed by atoms with E-state index in [4.69, 9.17) is 5.73 Å². The van der Waals surface area contributed by atoms with Gasteiger partial charge in [-0.1, -0.05) is 6.07 Å². The molecule has 3 nitrogen and oxygen atoms in total. The van der Waals surface area contributed by atoms with Crippen LogP contribution < -0.4 is 11.1 Å². The van der Waals surface area contributed by atoms with Crippen molar-refractivity contribution >= 4 is 23.4 Å². The molecule has 16 heavy (non-hydrogen) atoms. The van der Waals surface area contributed by atoms with Crippen molar-refractivity contribution in [3.8, 4) is 0 Å². The zero-order valence-corrected chi connectivity index (χ0v) is 9.93. The van der Waals surface area contributed by atoms with E-state index in [1.807, 2.05) is 24.3 Å². The van der Waals surface area contributed by atoms with Crippen LogP contribution in [0.1, 0.15) is 19.3 Å². The first-order valence-corrected chi connectivity index (χ1v) is 6.50. The molecule has 0 bridgehead atoms. The summed E-state index contributed by atoms with van der Waals surface area (Å²) >= 11 is 1.67. The van der Waals surface area contributed by atoms with Gasteiger partial charge >= 0.3 is 0 Å². The molecule has 0 aromatic heterocycles. The number of amides is 1. The molecule has 0 radical (unpaired) electrons. The predicted molar refractivity (Wildman–Crippen MR) is 67.4 cm³/mol. The number of nitrogen functional groups attached to an aromatic ring is 1. The molecule has 1 saturated carbocycles. The fraction of sp³-hybridized carbons (Fsp3) is 0.417. The first kappa shape index (κ1) is 11.3. The molecule has 1 aliphatic carbocycles. The Kier molecular flexibility index (Phi) is 3.72. The summed E-state index contributed by atoms with van der Waals surface area (Å²) < 4.78 is 0. The second-order valence-electron chi connectivity index (χ2n) is 4.01. The third kappa shape index (κ3) is 3.77. The maximum atomic E-state index is 11.4. The van der Waals surface area contributed by atoms with Gasteiger partial charge in [-0.25, -0.2) is 0 Å². The lowest BCUT2D eigenvalue weighted by Crippen LogP contribution is -2.25. The van der Waals surface area contributed by atoms with E-state index in [2.05, 4.69) is 5.32 Å². The molecule has 0 saturated heterocycles. The van der Waals surface area contributed by atoms with Crippen LogP contribution in [-0.4, -0.2) is 17.7 Å². The molecule has 1 fully saturated rings. The summed E-state index contributed by atoms with van der Waals surface area (Å²) in [4.78, 5) is 12.5. The van der Waals surface area contributed by atoms with Crippen LogP contribution in [0, 0.1) is 0 Å². The Morgan fingerprint density at radius 3 is 3.00 bits per heavy atom. The summed E-state index contributed by atoms with van der Waals surface area (Å²) in [6.07, 6.45) is 2.87. The average molecular weight is 236 g/mol. The Hall–Kier alpha value is -1.16. The first-order valence-electron chi connectivity index (χ1n) is 5.52. The molecule has 2 rings (SSSR count). The highest BCUT2D eigenvalue weighted by atomic mass is 32.2. The van der Waals surface area contributed by atoms with Crippen molar-refractivity contribution in [3.05, 3.63) is 24.3 Å². The molecule has 3 N–H and O–H groups in total. The summed E-state index contributed by atoms with van der Waals surface area (Å²) in [6.45, 7) is 0. The molecule has 1 aromatic carbocycles. The average Bonchev–Trinajstić information content (AvgIpc) is 3.02. The number of carbonyl (C=O) groups is 1. The van der Waals surface area contributed by atoms with Crippen LogP contribution in [0.3, 0.4) is 0 Å². The molecule has 0 unspecified atom stereocenters. The first-order chi connectivity index (χ1) is 7.74. The van der Waals surface area contributed by atoms with Crippen LogP contribution in [0.4, 0.5) is 5.69 Å². The number of carbonyl (C=O) groups excluding carboxylic acids is 1. The van der Waals surface area contributed by atoms with E-state index in [0.717, 1.165) is 29.2 Å². The third-order valence-electron chi connectivity index (χ3n) is 2.40. The minimum atomic E-state index is 0.166. The lowest BCUT2D eigenvalue weighted by Gasteiger charge is -2.03. The van der Waals surface area contributed by atoms with E-state index in [9.17, 15) is 4.79 Å². The summed E-state index contributed by atoms with van der Waals surface area (Å²) in [5.74, 6) is 0.973. The normalized spacial score (nSPS) is 14.8. The molecule has 1 aromatic rings. The van der Waals surface area contributed by atoms with Gasteiger partial charge in [-0.05, 0) is 31.0 Å². The van der Waals surface area contributed by atoms with Crippen molar-refractivity contribution in [2.75, 3.05) is 11.5 Å². The zero-order chi connectivity index (χ0) is 11.4. The number of nitrogens with one attached hydrogen (secondary N) is 1. The van der Waals surface area contributed by atoms with Crippen LogP contribution in [0.25, 0.3) is 0 Å². The number of hydrogen-bond acceptors (Lipinski definition) is 3. The van der Waals surface area contributed by atoms with Gasteiger partial charge < -0.3 is 11.1 Å². The number of hydrogen-bond donors (Lipinski definition) is 2. The van der Waals surface area contributed by atoms with Gasteiger partial charge in [-0.3, -0.25) is 4.79 Å². The van der Waals surface area contributed by atoms with Crippen molar-refractivity contribution in [1.82, 2.24) is 5.32 Å². The van der Waals surface area contributed by atoms with Crippen LogP contribution in [-0.2, 0) is 4.79 Å². The van der Waals surface area contributed by atoms with E-state index < -0.39 is 0 Å². The van der Waals surface area contributed by atoms with Gasteiger partial charge in [0.1, 0.15) is 0 Å². The quantitative estimate of drug-likeness (QED) is 0.607. The molecule has 0 atom stereocenters. The maximum absolute atomic E-state index is 11.4. The van der Waals surface area contributed by atoms with Crippen LogP contribution in [0.2, 0.25) is 0 Å². The van der Waals surface area contributed by atoms with Gasteiger partial charge in [-0.2, -0.15) is 0 Å². The summed E-state index contributed by atoms with van der Waals surface area (Å²) in [6, 6.07) is 8.21. The monoisotopic (exact) mass is 236 g/mol. The van der Waals surface area contributed by atoms with Gasteiger partial charge in [0.25, 0.3) is 0 Å². The van der Waals surface area contributed by atoms with Gasteiger partial charge in [-0.15, -0.1) is 11.8 Å². The Labute approximate surface area is 99.8 Å². The largest absolute Gasteiger partial charge is 0.399 e. The van der Waals surface area contributed by atoms with Crippen LogP contribution in [0.5, 0.6) is 0 Å². The maximum Gasteiger partial charge on any atom is 0.221 e. The Morgan fingerprint density at radius 2 is 2.31 bits per heavy atom. The van der Waals surface area contributed by atoms with E-state index >= 15 is 0 Å². The van der Waals surface area contributed by atoms with E-state index in [-0.39, 0.29) is 5.91 Å². The van der Waals surface area contributed by atoms with Crippen LogP contribution >= 0.6 is 11.8 Å². The molecular formula is C12H16N2OS. The predicted octanol–water partition coefficient (Wildman–Crippen LogP) is 2.03. The molecule has 4 heteroatoms. The summed E-state index contributed by atoms with van der Waals surface area (Å²) in [7, 11) is 0. The number of anilines is 1. The Morgan fingerprint density at radius 1 is 1.50 bits per heavy atom. The van der Waals surface area contributed by atoms with E-state index in [0.29, 0.717) is 12.5 Å². The molecule has 0 spiro atoms. The Balaban J connectivity index is 1.68. The Bertz CT molecular complexity index is 377. The summed E-state index contributed by atoms with van der Waals surface area (Å²) in [5, 5.41) is 2.97. The second-order valence-corrected chi connectivity index (χ2v) is 5.18. The van der Waals surface area contributed by atoms with E-state index in [1.54, 1.807) is 11.8 Å². The number of thioether (sulfide) groups is 1. The van der Waals surface area contributed by atoms with Gasteiger partial charge in [0.2, 0.25) is 5.91 Å². The topological polar surface area (TPSA) is 55.1 Å². The highest BCUT2D eigenvalue weighted by molar-refractivity contribution is 7.99. The van der Waals surface area contributed by atoms with E-state index in [1.165, 1.54) is 0 Å². The second kappa shape index (κ2) is 5.25. The van der Waals surface area contributed by atoms with Gasteiger partial charge in [0.05, 0.1) is 0 Å². The van der Waals surface area contributed by atoms with Crippen molar-refractivity contribution in [1.29, 1.82) is 0 Å². The standard InChI is InChI=1S/C12H16N2OS/c13-9-2-1-3-11(8-9)16-7-6-12(15)14-10-4-5-10/h1-3,8,10H,4-7,13H2,(H,14,15). The zero-order valence-electron chi connectivity index (χ0n) is 9.11. The molecular weight excluding hydrogens is 220 g/mol. The number of benzene rings is 1. The van der Waals surface area contributed by atoms with Crippen molar-refractivity contribution in [2.45, 2.75) is 30.2 Å². The molecule has 1 amide bonds. The third-order valence-corrected chi connectivity index (χ3v) is 3.39. The van der Waals surface area contributed by atoms with Crippen LogP contribution in [0.15, 0.2) is 29.2 Å². The number of rotatable bonds is 5. The minimum absolute atomic E-state index is 0.166. The lowest BCUT2D eigenvalue weighted by atomic mass is 10.3. The molecule has 86 valence electrons. The summed E-state index contributed by atoms with van der Waals surface area (Å²) in [5.41, 5.74) is 6.44.